The Balaban J connectivity index is 1.67. The fourth-order valence-corrected chi connectivity index (χ4v) is 2.40. The summed E-state index contributed by atoms with van der Waals surface area (Å²) in [7, 11) is 0. The molecule has 3 aromatic rings. The van der Waals surface area contributed by atoms with Crippen LogP contribution in [0.4, 0.5) is 10.1 Å². The molecule has 3 rings (SSSR count). The predicted molar refractivity (Wildman–Crippen MR) is 92.8 cm³/mol. The average Bonchev–Trinajstić information content (AvgIpc) is 2.62. The fourth-order valence-electron chi connectivity index (χ4n) is 2.18. The van der Waals surface area contributed by atoms with Gasteiger partial charge in [0.05, 0.1) is 16.1 Å². The number of carbonyl (C=O) groups excluding carboxylic acids is 2. The van der Waals surface area contributed by atoms with Crippen LogP contribution in [0.2, 0.25) is 5.02 Å². The first-order valence-corrected chi connectivity index (χ1v) is 7.77. The minimum absolute atomic E-state index is 0.00482. The maximum Gasteiger partial charge on any atom is 0.374 e. The third kappa shape index (κ3) is 3.89. The third-order valence-corrected chi connectivity index (χ3v) is 3.69. The molecule has 0 saturated heterocycles. The number of carbonyl (C=O) groups is 2. The van der Waals surface area contributed by atoms with Crippen LogP contribution in [0.15, 0.2) is 57.7 Å². The first kappa shape index (κ1) is 17.6. The van der Waals surface area contributed by atoms with Crippen LogP contribution in [0.1, 0.15) is 10.6 Å². The van der Waals surface area contributed by atoms with Gasteiger partial charge in [-0.1, -0.05) is 23.7 Å². The molecule has 0 bridgehead atoms. The summed E-state index contributed by atoms with van der Waals surface area (Å²) in [5.41, 5.74) is 0.00203. The van der Waals surface area contributed by atoms with Crippen LogP contribution >= 0.6 is 11.6 Å². The molecule has 0 radical (unpaired) electrons. The molecule has 1 amide bonds. The van der Waals surface area contributed by atoms with Gasteiger partial charge in [-0.2, -0.15) is 0 Å². The van der Waals surface area contributed by atoms with Crippen molar-refractivity contribution in [3.8, 4) is 0 Å². The number of rotatable bonds is 4. The minimum atomic E-state index is -0.965. The van der Waals surface area contributed by atoms with Gasteiger partial charge in [0.1, 0.15) is 11.4 Å². The molecule has 0 fully saturated rings. The van der Waals surface area contributed by atoms with E-state index in [1.54, 1.807) is 18.2 Å². The third-order valence-electron chi connectivity index (χ3n) is 3.38. The number of benzene rings is 2. The molecular formula is C18H11ClFNO5. The molecule has 0 spiro atoms. The zero-order chi connectivity index (χ0) is 18.7. The van der Waals surface area contributed by atoms with Crippen molar-refractivity contribution in [2.24, 2.45) is 0 Å². The lowest BCUT2D eigenvalue weighted by Crippen LogP contribution is -2.21. The van der Waals surface area contributed by atoms with Gasteiger partial charge in [0, 0.05) is 6.07 Å². The van der Waals surface area contributed by atoms with Gasteiger partial charge >= 0.3 is 5.97 Å². The smallest absolute Gasteiger partial charge is 0.374 e. The zero-order valence-electron chi connectivity index (χ0n) is 13.1. The summed E-state index contributed by atoms with van der Waals surface area (Å²) >= 11 is 5.79. The van der Waals surface area contributed by atoms with E-state index in [1.165, 1.54) is 12.1 Å². The normalized spacial score (nSPS) is 10.5. The highest BCUT2D eigenvalue weighted by molar-refractivity contribution is 6.33. The Hall–Kier alpha value is -3.19. The Labute approximate surface area is 151 Å². The van der Waals surface area contributed by atoms with Gasteiger partial charge in [0.25, 0.3) is 5.91 Å². The van der Waals surface area contributed by atoms with Crippen molar-refractivity contribution >= 4 is 40.1 Å². The van der Waals surface area contributed by atoms with E-state index in [4.69, 9.17) is 20.8 Å². The number of hydrogen-bond donors (Lipinski definition) is 1. The number of fused-ring (bicyclic) bond motifs is 1. The van der Waals surface area contributed by atoms with Crippen molar-refractivity contribution in [2.75, 3.05) is 11.9 Å². The molecule has 0 aliphatic rings. The number of hydrogen-bond acceptors (Lipinski definition) is 5. The summed E-state index contributed by atoms with van der Waals surface area (Å²) in [6.07, 6.45) is 0. The molecule has 26 heavy (non-hydrogen) atoms. The van der Waals surface area contributed by atoms with E-state index in [9.17, 15) is 18.8 Å². The lowest BCUT2D eigenvalue weighted by atomic mass is 10.2. The van der Waals surface area contributed by atoms with E-state index < -0.39 is 29.7 Å². The number of esters is 1. The summed E-state index contributed by atoms with van der Waals surface area (Å²) in [4.78, 5) is 35.8. The van der Waals surface area contributed by atoms with E-state index in [1.807, 2.05) is 0 Å². The van der Waals surface area contributed by atoms with Gasteiger partial charge in [-0.25, -0.2) is 9.18 Å². The summed E-state index contributed by atoms with van der Waals surface area (Å²) in [5, 5.41) is 2.71. The highest BCUT2D eigenvalue weighted by atomic mass is 35.5. The van der Waals surface area contributed by atoms with Crippen LogP contribution < -0.4 is 10.7 Å². The second-order valence-corrected chi connectivity index (χ2v) is 5.63. The van der Waals surface area contributed by atoms with Crippen LogP contribution in [0, 0.1) is 5.82 Å². The Kier molecular flexibility index (Phi) is 4.99. The molecule has 0 aliphatic carbocycles. The molecular weight excluding hydrogens is 365 g/mol. The largest absolute Gasteiger partial charge is 0.450 e. The number of para-hydroxylation sites is 1. The predicted octanol–water partition coefficient (Wildman–Crippen LogP) is 3.38. The van der Waals surface area contributed by atoms with E-state index in [0.29, 0.717) is 5.39 Å². The van der Waals surface area contributed by atoms with Gasteiger partial charge in [-0.15, -0.1) is 0 Å². The van der Waals surface area contributed by atoms with Crippen molar-refractivity contribution in [2.45, 2.75) is 0 Å². The lowest BCUT2D eigenvalue weighted by Gasteiger charge is -2.08. The number of halogens is 2. The first-order valence-electron chi connectivity index (χ1n) is 7.39. The summed E-state index contributed by atoms with van der Waals surface area (Å²) < 4.78 is 23.1. The van der Waals surface area contributed by atoms with Gasteiger partial charge in [0.15, 0.2) is 12.0 Å². The summed E-state index contributed by atoms with van der Waals surface area (Å²) in [5.74, 6) is -2.52. The summed E-state index contributed by atoms with van der Waals surface area (Å²) in [6, 6.07) is 10.9. The first-order chi connectivity index (χ1) is 12.4. The second kappa shape index (κ2) is 7.37. The van der Waals surface area contributed by atoms with Crippen molar-refractivity contribution in [3.63, 3.8) is 0 Å². The molecule has 1 heterocycles. The minimum Gasteiger partial charge on any atom is -0.450 e. The number of nitrogens with one attached hydrogen (secondary N) is 1. The zero-order valence-corrected chi connectivity index (χ0v) is 13.9. The SMILES string of the molecule is O=C(COC(=O)c1cc(=O)c2ccccc2o1)Nc1ccc(F)cc1Cl. The van der Waals surface area contributed by atoms with Gasteiger partial charge in [-0.05, 0) is 30.3 Å². The fraction of sp³-hybridized carbons (Fsp3) is 0.0556. The van der Waals surface area contributed by atoms with Crippen LogP contribution in [-0.2, 0) is 9.53 Å². The Morgan fingerprint density at radius 1 is 1.15 bits per heavy atom. The number of amides is 1. The van der Waals surface area contributed by atoms with Crippen molar-refractivity contribution in [1.82, 2.24) is 0 Å². The van der Waals surface area contributed by atoms with Gasteiger partial charge in [0.2, 0.25) is 5.76 Å². The van der Waals surface area contributed by atoms with Crippen LogP contribution in [0.5, 0.6) is 0 Å². The Morgan fingerprint density at radius 2 is 1.92 bits per heavy atom. The highest BCUT2D eigenvalue weighted by Gasteiger charge is 2.16. The van der Waals surface area contributed by atoms with E-state index >= 15 is 0 Å². The van der Waals surface area contributed by atoms with Crippen LogP contribution in [-0.4, -0.2) is 18.5 Å². The van der Waals surface area contributed by atoms with Crippen LogP contribution in [0.3, 0.4) is 0 Å². The molecule has 8 heteroatoms. The maximum atomic E-state index is 13.0. The quantitative estimate of drug-likeness (QED) is 0.706. The standard InChI is InChI=1S/C18H11ClFNO5/c19-12-7-10(20)5-6-13(12)21-17(23)9-25-18(24)16-8-14(22)11-3-1-2-4-15(11)26-16/h1-8H,9H2,(H,21,23). The van der Waals surface area contributed by atoms with Crippen molar-refractivity contribution in [3.05, 3.63) is 75.4 Å². The molecule has 0 aliphatic heterocycles. The van der Waals surface area contributed by atoms with Crippen LogP contribution in [0.25, 0.3) is 11.0 Å². The molecule has 0 atom stereocenters. The molecule has 132 valence electrons. The topological polar surface area (TPSA) is 85.6 Å². The average molecular weight is 376 g/mol. The molecule has 0 saturated carbocycles. The van der Waals surface area contributed by atoms with Crippen molar-refractivity contribution in [1.29, 1.82) is 0 Å². The van der Waals surface area contributed by atoms with Gasteiger partial charge in [-0.3, -0.25) is 9.59 Å². The number of ether oxygens (including phenoxy) is 1. The monoisotopic (exact) mass is 375 g/mol. The molecule has 6 nitrogen and oxygen atoms in total. The molecule has 2 aromatic carbocycles. The second-order valence-electron chi connectivity index (χ2n) is 5.22. The van der Waals surface area contributed by atoms with Crippen molar-refractivity contribution < 1.29 is 23.1 Å². The van der Waals surface area contributed by atoms with Gasteiger partial charge < -0.3 is 14.5 Å². The lowest BCUT2D eigenvalue weighted by molar-refractivity contribution is -0.119. The number of anilines is 1. The Bertz CT molecular complexity index is 1060. The highest BCUT2D eigenvalue weighted by Crippen LogP contribution is 2.22. The summed E-state index contributed by atoms with van der Waals surface area (Å²) in [6.45, 7) is -0.636. The van der Waals surface area contributed by atoms with E-state index in [-0.39, 0.29) is 22.1 Å². The molecule has 1 N–H and O–H groups in total. The molecule has 0 unspecified atom stereocenters. The maximum absolute atomic E-state index is 13.0. The Morgan fingerprint density at radius 3 is 2.69 bits per heavy atom. The molecule has 1 aromatic heterocycles. The van der Waals surface area contributed by atoms with E-state index in [0.717, 1.165) is 18.2 Å². The van der Waals surface area contributed by atoms with E-state index in [2.05, 4.69) is 5.32 Å².